The second kappa shape index (κ2) is 4.14. The Bertz CT molecular complexity index is 468. The summed E-state index contributed by atoms with van der Waals surface area (Å²) in [6, 6.07) is 3.65. The first-order valence-corrected chi connectivity index (χ1v) is 6.38. The maximum atomic E-state index is 12.3. The summed E-state index contributed by atoms with van der Waals surface area (Å²) in [5, 5.41) is 9.25. The van der Waals surface area contributed by atoms with Gasteiger partial charge in [0.25, 0.3) is 5.91 Å². The number of amides is 1. The quantitative estimate of drug-likeness (QED) is 0.878. The Morgan fingerprint density at radius 2 is 2.18 bits per heavy atom. The van der Waals surface area contributed by atoms with E-state index in [0.29, 0.717) is 17.8 Å². The number of hydrogen-bond donors (Lipinski definition) is 1. The summed E-state index contributed by atoms with van der Waals surface area (Å²) < 4.78 is 0. The SMILES string of the molecule is Cc1ccc(C(=O)N2CCCC2(C)C(=O)O)s1. The molecule has 1 aliphatic rings. The maximum Gasteiger partial charge on any atom is 0.329 e. The lowest BCUT2D eigenvalue weighted by molar-refractivity contribution is -0.147. The van der Waals surface area contributed by atoms with Crippen molar-refractivity contribution < 1.29 is 14.7 Å². The molecule has 0 spiro atoms. The minimum Gasteiger partial charge on any atom is -0.480 e. The van der Waals surface area contributed by atoms with Crippen molar-refractivity contribution in [2.45, 2.75) is 32.2 Å². The molecule has 1 N–H and O–H groups in total. The number of nitrogens with zero attached hydrogens (tertiary/aromatic N) is 1. The van der Waals surface area contributed by atoms with Crippen LogP contribution in [0.2, 0.25) is 0 Å². The predicted molar refractivity (Wildman–Crippen MR) is 65.4 cm³/mol. The van der Waals surface area contributed by atoms with Crippen LogP contribution in [0.5, 0.6) is 0 Å². The van der Waals surface area contributed by atoms with Crippen molar-refractivity contribution in [1.29, 1.82) is 0 Å². The molecule has 1 aromatic rings. The summed E-state index contributed by atoms with van der Waals surface area (Å²) in [7, 11) is 0. The zero-order chi connectivity index (χ0) is 12.6. The molecule has 0 aliphatic carbocycles. The number of aryl methyl sites for hydroxylation is 1. The Morgan fingerprint density at radius 3 is 2.71 bits per heavy atom. The molecule has 2 rings (SSSR count). The van der Waals surface area contributed by atoms with E-state index in [1.54, 1.807) is 13.0 Å². The number of carbonyl (C=O) groups is 2. The fourth-order valence-electron chi connectivity index (χ4n) is 2.19. The molecule has 17 heavy (non-hydrogen) atoms. The summed E-state index contributed by atoms with van der Waals surface area (Å²) in [5.74, 6) is -1.08. The Labute approximate surface area is 104 Å². The monoisotopic (exact) mass is 253 g/mol. The number of thiophene rings is 1. The van der Waals surface area contributed by atoms with Crippen LogP contribution >= 0.6 is 11.3 Å². The van der Waals surface area contributed by atoms with Gasteiger partial charge < -0.3 is 10.0 Å². The number of carbonyl (C=O) groups excluding carboxylic acids is 1. The number of rotatable bonds is 2. The molecule has 0 radical (unpaired) electrons. The average molecular weight is 253 g/mol. The number of hydrogen-bond acceptors (Lipinski definition) is 3. The fraction of sp³-hybridized carbons (Fsp3) is 0.500. The summed E-state index contributed by atoms with van der Waals surface area (Å²) in [6.45, 7) is 4.08. The first kappa shape index (κ1) is 12.1. The molecule has 1 unspecified atom stereocenters. The summed E-state index contributed by atoms with van der Waals surface area (Å²) >= 11 is 1.41. The van der Waals surface area contributed by atoms with Crippen LogP contribution in [0, 0.1) is 6.92 Å². The molecule has 1 atom stereocenters. The number of carboxylic acid groups (broad SMARTS) is 1. The first-order valence-electron chi connectivity index (χ1n) is 5.57. The molecule has 4 nitrogen and oxygen atoms in total. The molecule has 0 bridgehead atoms. The number of aliphatic carboxylic acids is 1. The standard InChI is InChI=1S/C12H15NO3S/c1-8-4-5-9(17-8)10(14)13-7-3-6-12(13,2)11(15)16/h4-5H,3,6-7H2,1-2H3,(H,15,16). The van der Waals surface area contributed by atoms with Crippen LogP contribution < -0.4 is 0 Å². The first-order chi connectivity index (χ1) is 7.95. The van der Waals surface area contributed by atoms with E-state index in [1.165, 1.54) is 16.2 Å². The highest BCUT2D eigenvalue weighted by molar-refractivity contribution is 7.13. The fourth-order valence-corrected chi connectivity index (χ4v) is 3.01. The molecule has 1 aromatic heterocycles. The molecule has 0 saturated carbocycles. The minimum atomic E-state index is -1.05. The Balaban J connectivity index is 2.28. The zero-order valence-corrected chi connectivity index (χ0v) is 10.7. The molecule has 92 valence electrons. The van der Waals surface area contributed by atoms with Crippen LogP contribution in [0.3, 0.4) is 0 Å². The van der Waals surface area contributed by atoms with Gasteiger partial charge in [-0.25, -0.2) is 4.79 Å². The molecule has 1 saturated heterocycles. The number of carboxylic acids is 1. The second-order valence-corrected chi connectivity index (χ2v) is 5.84. The van der Waals surface area contributed by atoms with Gasteiger partial charge >= 0.3 is 5.97 Å². The van der Waals surface area contributed by atoms with Crippen molar-refractivity contribution in [2.75, 3.05) is 6.54 Å². The van der Waals surface area contributed by atoms with Gasteiger partial charge in [-0.3, -0.25) is 4.79 Å². The second-order valence-electron chi connectivity index (χ2n) is 4.55. The molecule has 1 fully saturated rings. The minimum absolute atomic E-state index is 0.162. The van der Waals surface area contributed by atoms with Crippen LogP contribution in [0.4, 0.5) is 0 Å². The lowest BCUT2D eigenvalue weighted by Gasteiger charge is -2.30. The van der Waals surface area contributed by atoms with E-state index in [2.05, 4.69) is 0 Å². The smallest absolute Gasteiger partial charge is 0.329 e. The largest absolute Gasteiger partial charge is 0.480 e. The topological polar surface area (TPSA) is 57.6 Å². The van der Waals surface area contributed by atoms with Gasteiger partial charge in [-0.2, -0.15) is 0 Å². The van der Waals surface area contributed by atoms with Crippen molar-refractivity contribution in [2.24, 2.45) is 0 Å². The van der Waals surface area contributed by atoms with E-state index in [9.17, 15) is 14.7 Å². The average Bonchev–Trinajstić information content (AvgIpc) is 2.85. The van der Waals surface area contributed by atoms with Gasteiger partial charge in [-0.15, -0.1) is 11.3 Å². The van der Waals surface area contributed by atoms with Crippen molar-refractivity contribution in [3.05, 3.63) is 21.9 Å². The van der Waals surface area contributed by atoms with Crippen LogP contribution in [0.25, 0.3) is 0 Å². The molecule has 0 aromatic carbocycles. The van der Waals surface area contributed by atoms with Crippen molar-refractivity contribution in [3.8, 4) is 0 Å². The summed E-state index contributed by atoms with van der Waals surface area (Å²) in [6.07, 6.45) is 1.28. The van der Waals surface area contributed by atoms with E-state index in [0.717, 1.165) is 11.3 Å². The molecular weight excluding hydrogens is 238 g/mol. The van der Waals surface area contributed by atoms with Crippen LogP contribution in [-0.4, -0.2) is 34.0 Å². The Hall–Kier alpha value is -1.36. The Kier molecular flexibility index (Phi) is 2.95. The van der Waals surface area contributed by atoms with Crippen LogP contribution in [0.15, 0.2) is 12.1 Å². The lowest BCUT2D eigenvalue weighted by atomic mass is 9.99. The van der Waals surface area contributed by atoms with Crippen molar-refractivity contribution >= 4 is 23.2 Å². The van der Waals surface area contributed by atoms with Gasteiger partial charge in [0.2, 0.25) is 0 Å². The number of likely N-dealkylation sites (tertiary alicyclic amines) is 1. The van der Waals surface area contributed by atoms with Crippen molar-refractivity contribution in [1.82, 2.24) is 4.90 Å². The van der Waals surface area contributed by atoms with E-state index >= 15 is 0 Å². The lowest BCUT2D eigenvalue weighted by Crippen LogP contribution is -2.50. The molecular formula is C12H15NO3S. The third kappa shape index (κ3) is 1.95. The normalized spacial score (nSPS) is 24.0. The highest BCUT2D eigenvalue weighted by Gasteiger charge is 2.46. The van der Waals surface area contributed by atoms with Crippen molar-refractivity contribution in [3.63, 3.8) is 0 Å². The third-order valence-corrected chi connectivity index (χ3v) is 4.29. The van der Waals surface area contributed by atoms with Gasteiger partial charge in [0.1, 0.15) is 5.54 Å². The zero-order valence-electron chi connectivity index (χ0n) is 9.90. The van der Waals surface area contributed by atoms with Gasteiger partial charge in [0.15, 0.2) is 0 Å². The molecule has 1 aliphatic heterocycles. The third-order valence-electron chi connectivity index (χ3n) is 3.30. The van der Waals surface area contributed by atoms with E-state index < -0.39 is 11.5 Å². The van der Waals surface area contributed by atoms with E-state index in [4.69, 9.17) is 0 Å². The van der Waals surface area contributed by atoms with E-state index in [1.807, 2.05) is 13.0 Å². The molecule has 1 amide bonds. The molecule has 5 heteroatoms. The summed E-state index contributed by atoms with van der Waals surface area (Å²) in [5.41, 5.74) is -1.05. The predicted octanol–water partition coefficient (Wildman–Crippen LogP) is 2.14. The highest BCUT2D eigenvalue weighted by atomic mass is 32.1. The van der Waals surface area contributed by atoms with Gasteiger partial charge in [0, 0.05) is 11.4 Å². The van der Waals surface area contributed by atoms with Gasteiger partial charge in [0.05, 0.1) is 4.88 Å². The van der Waals surface area contributed by atoms with Crippen LogP contribution in [0.1, 0.15) is 34.3 Å². The molecule has 2 heterocycles. The van der Waals surface area contributed by atoms with Crippen LogP contribution in [-0.2, 0) is 4.79 Å². The summed E-state index contributed by atoms with van der Waals surface area (Å²) in [4.78, 5) is 26.7. The van der Waals surface area contributed by atoms with Gasteiger partial charge in [-0.05, 0) is 38.8 Å². The van der Waals surface area contributed by atoms with E-state index in [-0.39, 0.29) is 5.91 Å². The van der Waals surface area contributed by atoms with Gasteiger partial charge in [-0.1, -0.05) is 0 Å². The Morgan fingerprint density at radius 1 is 1.47 bits per heavy atom. The highest BCUT2D eigenvalue weighted by Crippen LogP contribution is 2.32. The maximum absolute atomic E-state index is 12.3.